The third-order valence-electron chi connectivity index (χ3n) is 3.15. The Kier molecular flexibility index (Phi) is 6.23. The summed E-state index contributed by atoms with van der Waals surface area (Å²) < 4.78 is 4.19. The van der Waals surface area contributed by atoms with Gasteiger partial charge in [-0.25, -0.2) is 0 Å². The lowest BCUT2D eigenvalue weighted by Crippen LogP contribution is -2.14. The summed E-state index contributed by atoms with van der Waals surface area (Å²) in [5.41, 5.74) is 0.749. The van der Waals surface area contributed by atoms with Gasteiger partial charge in [0.15, 0.2) is 4.34 Å². The van der Waals surface area contributed by atoms with E-state index in [9.17, 15) is 19.7 Å². The molecule has 2 amide bonds. The number of nitro groups is 1. The first kappa shape index (κ1) is 19.8. The molecule has 0 bridgehead atoms. The van der Waals surface area contributed by atoms with Crippen LogP contribution in [0, 0.1) is 17.0 Å². The number of nitrogens with zero attached hydrogens (tertiary/aromatic N) is 5. The van der Waals surface area contributed by atoms with Crippen LogP contribution in [0.5, 0.6) is 0 Å². The Labute approximate surface area is 169 Å². The minimum Gasteiger partial charge on any atom is -0.325 e. The van der Waals surface area contributed by atoms with E-state index in [1.165, 1.54) is 18.2 Å². The van der Waals surface area contributed by atoms with Gasteiger partial charge < -0.3 is 5.32 Å². The number of non-ortho nitro benzene ring substituents is 1. The standard InChI is InChI=1S/C14H11N7O4S3/c1-7-11(28-20-17-7)12(23)16-13-18-19-14(27-13)26-6-10(22)15-8-3-2-4-9(5-8)21(24)25/h2-5H,6H2,1H3,(H,15,22)(H,16,18,23). The molecule has 0 aliphatic rings. The zero-order valence-corrected chi connectivity index (χ0v) is 16.6. The van der Waals surface area contributed by atoms with Gasteiger partial charge in [0.1, 0.15) is 4.88 Å². The van der Waals surface area contributed by atoms with Crippen LogP contribution in [0.3, 0.4) is 0 Å². The maximum atomic E-state index is 12.1. The van der Waals surface area contributed by atoms with E-state index in [-0.39, 0.29) is 23.3 Å². The molecule has 28 heavy (non-hydrogen) atoms. The Bertz CT molecular complexity index is 1040. The number of hydrogen-bond acceptors (Lipinski definition) is 11. The summed E-state index contributed by atoms with van der Waals surface area (Å²) in [5, 5.41) is 27.8. The highest BCUT2D eigenvalue weighted by Gasteiger charge is 2.16. The van der Waals surface area contributed by atoms with Crippen LogP contribution >= 0.6 is 34.6 Å². The Morgan fingerprint density at radius 3 is 2.79 bits per heavy atom. The van der Waals surface area contributed by atoms with Gasteiger partial charge in [0.25, 0.3) is 11.6 Å². The minimum atomic E-state index is -0.536. The van der Waals surface area contributed by atoms with Crippen LogP contribution in [0.15, 0.2) is 28.6 Å². The lowest BCUT2D eigenvalue weighted by molar-refractivity contribution is -0.384. The van der Waals surface area contributed by atoms with E-state index in [4.69, 9.17) is 0 Å². The Morgan fingerprint density at radius 1 is 1.25 bits per heavy atom. The Hall–Kier alpha value is -2.97. The average Bonchev–Trinajstić information content (AvgIpc) is 3.29. The molecule has 0 unspecified atom stereocenters. The van der Waals surface area contributed by atoms with Crippen LogP contribution in [0.2, 0.25) is 0 Å². The zero-order valence-electron chi connectivity index (χ0n) is 14.1. The number of nitro benzene ring substituents is 1. The smallest absolute Gasteiger partial charge is 0.271 e. The van der Waals surface area contributed by atoms with E-state index >= 15 is 0 Å². The number of rotatable bonds is 7. The third-order valence-corrected chi connectivity index (χ3v) is 5.95. The van der Waals surface area contributed by atoms with Gasteiger partial charge in [-0.05, 0) is 24.5 Å². The predicted octanol–water partition coefficient (Wildman–Crippen LogP) is 2.59. The van der Waals surface area contributed by atoms with Crippen LogP contribution in [0.1, 0.15) is 15.4 Å². The van der Waals surface area contributed by atoms with Crippen molar-refractivity contribution in [2.45, 2.75) is 11.3 Å². The number of aryl methyl sites for hydroxylation is 1. The molecule has 0 atom stereocenters. The van der Waals surface area contributed by atoms with Gasteiger partial charge in [-0.1, -0.05) is 33.7 Å². The summed E-state index contributed by atoms with van der Waals surface area (Å²) in [7, 11) is 0. The largest absolute Gasteiger partial charge is 0.325 e. The highest BCUT2D eigenvalue weighted by atomic mass is 32.2. The van der Waals surface area contributed by atoms with Gasteiger partial charge in [-0.3, -0.25) is 25.0 Å². The highest BCUT2D eigenvalue weighted by Crippen LogP contribution is 2.26. The molecular weight excluding hydrogens is 426 g/mol. The quantitative estimate of drug-likeness (QED) is 0.246. The van der Waals surface area contributed by atoms with Gasteiger partial charge in [0.2, 0.25) is 11.0 Å². The van der Waals surface area contributed by atoms with E-state index in [0.29, 0.717) is 25.7 Å². The first-order chi connectivity index (χ1) is 13.4. The molecule has 2 aromatic heterocycles. The Balaban J connectivity index is 1.52. The van der Waals surface area contributed by atoms with Crippen molar-refractivity contribution >= 4 is 63.0 Å². The molecule has 1 aromatic carbocycles. The number of anilines is 2. The normalized spacial score (nSPS) is 10.5. The second-order valence-electron chi connectivity index (χ2n) is 5.16. The summed E-state index contributed by atoms with van der Waals surface area (Å²) in [4.78, 5) is 34.7. The van der Waals surface area contributed by atoms with Crippen molar-refractivity contribution < 1.29 is 14.5 Å². The highest BCUT2D eigenvalue weighted by molar-refractivity contribution is 8.01. The molecule has 11 nitrogen and oxygen atoms in total. The monoisotopic (exact) mass is 437 g/mol. The molecule has 144 valence electrons. The average molecular weight is 437 g/mol. The van der Waals surface area contributed by atoms with E-state index in [1.807, 2.05) is 0 Å². The fourth-order valence-electron chi connectivity index (χ4n) is 1.93. The predicted molar refractivity (Wildman–Crippen MR) is 105 cm³/mol. The minimum absolute atomic E-state index is 0.0309. The molecule has 2 N–H and O–H groups in total. The van der Waals surface area contributed by atoms with Crippen molar-refractivity contribution in [3.63, 3.8) is 0 Å². The molecule has 0 aliphatic heterocycles. The maximum absolute atomic E-state index is 12.1. The van der Waals surface area contributed by atoms with Crippen molar-refractivity contribution in [1.29, 1.82) is 0 Å². The van der Waals surface area contributed by atoms with Gasteiger partial charge in [-0.15, -0.1) is 15.3 Å². The molecule has 0 saturated heterocycles. The maximum Gasteiger partial charge on any atom is 0.271 e. The lowest BCUT2D eigenvalue weighted by atomic mass is 10.3. The number of hydrogen-bond donors (Lipinski definition) is 2. The molecular formula is C14H11N7O4S3. The van der Waals surface area contributed by atoms with E-state index in [1.54, 1.807) is 13.0 Å². The fraction of sp³-hybridized carbons (Fsp3) is 0.143. The van der Waals surface area contributed by atoms with Gasteiger partial charge >= 0.3 is 0 Å². The first-order valence-corrected chi connectivity index (χ1v) is 10.1. The van der Waals surface area contributed by atoms with Crippen LogP contribution in [0.25, 0.3) is 0 Å². The van der Waals surface area contributed by atoms with Gasteiger partial charge in [0, 0.05) is 17.8 Å². The molecule has 3 rings (SSSR count). The molecule has 2 heterocycles. The van der Waals surface area contributed by atoms with E-state index in [0.717, 1.165) is 34.6 Å². The number of amides is 2. The van der Waals surface area contributed by atoms with Crippen molar-refractivity contribution in [3.8, 4) is 0 Å². The zero-order chi connectivity index (χ0) is 20.1. The Morgan fingerprint density at radius 2 is 2.07 bits per heavy atom. The molecule has 0 radical (unpaired) electrons. The van der Waals surface area contributed by atoms with Crippen LogP contribution < -0.4 is 10.6 Å². The number of thioether (sulfide) groups is 1. The number of nitrogens with one attached hydrogen (secondary N) is 2. The molecule has 0 aliphatic carbocycles. The molecule has 14 heteroatoms. The second-order valence-corrected chi connectivity index (χ2v) is 8.11. The number of carbonyl (C=O) groups is 2. The lowest BCUT2D eigenvalue weighted by Gasteiger charge is -2.03. The number of benzene rings is 1. The summed E-state index contributed by atoms with van der Waals surface area (Å²) in [6, 6.07) is 5.66. The van der Waals surface area contributed by atoms with Crippen molar-refractivity contribution in [2.24, 2.45) is 0 Å². The van der Waals surface area contributed by atoms with Gasteiger partial charge in [-0.2, -0.15) is 0 Å². The number of aromatic nitrogens is 4. The number of carbonyl (C=O) groups excluding carboxylic acids is 2. The van der Waals surface area contributed by atoms with Crippen molar-refractivity contribution in [2.75, 3.05) is 16.4 Å². The summed E-state index contributed by atoms with van der Waals surface area (Å²) in [6.45, 7) is 1.68. The van der Waals surface area contributed by atoms with Crippen LogP contribution in [-0.2, 0) is 4.79 Å². The fourth-order valence-corrected chi connectivity index (χ4v) is 4.03. The van der Waals surface area contributed by atoms with Gasteiger partial charge in [0.05, 0.1) is 16.4 Å². The molecule has 3 aromatic rings. The van der Waals surface area contributed by atoms with Crippen LogP contribution in [0.4, 0.5) is 16.5 Å². The van der Waals surface area contributed by atoms with E-state index < -0.39 is 4.92 Å². The summed E-state index contributed by atoms with van der Waals surface area (Å²) >= 11 is 3.24. The SMILES string of the molecule is Cc1nnsc1C(=O)Nc1nnc(SCC(=O)Nc2cccc([N+](=O)[O-])c2)s1. The molecule has 0 spiro atoms. The van der Waals surface area contributed by atoms with Crippen molar-refractivity contribution in [3.05, 3.63) is 45.0 Å². The molecule has 0 fully saturated rings. The van der Waals surface area contributed by atoms with Crippen LogP contribution in [-0.4, -0.2) is 42.3 Å². The van der Waals surface area contributed by atoms with Crippen molar-refractivity contribution in [1.82, 2.24) is 19.8 Å². The van der Waals surface area contributed by atoms with E-state index in [2.05, 4.69) is 30.4 Å². The topological polar surface area (TPSA) is 153 Å². The summed E-state index contributed by atoms with van der Waals surface area (Å²) in [6.07, 6.45) is 0. The molecule has 0 saturated carbocycles. The first-order valence-electron chi connectivity index (χ1n) is 7.53. The third kappa shape index (κ3) is 5.05. The summed E-state index contributed by atoms with van der Waals surface area (Å²) in [5.74, 6) is -0.690. The second kappa shape index (κ2) is 8.81.